The molecular formula is C29H18FN7O. The first-order chi connectivity index (χ1) is 18.5. The maximum atomic E-state index is 13.9. The van der Waals surface area contributed by atoms with Crippen LogP contribution in [0.2, 0.25) is 0 Å². The molecule has 0 unspecified atom stereocenters. The van der Waals surface area contributed by atoms with Gasteiger partial charge in [-0.05, 0) is 29.8 Å². The van der Waals surface area contributed by atoms with Crippen LogP contribution in [0.25, 0.3) is 28.1 Å². The van der Waals surface area contributed by atoms with Crippen molar-refractivity contribution in [2.75, 3.05) is 5.73 Å². The van der Waals surface area contributed by atoms with Crippen LogP contribution in [0, 0.1) is 28.5 Å². The molecule has 182 valence electrons. The van der Waals surface area contributed by atoms with Gasteiger partial charge in [-0.2, -0.15) is 25.4 Å². The van der Waals surface area contributed by atoms with Crippen LogP contribution in [0.15, 0.2) is 101 Å². The molecule has 5 aromatic rings. The smallest absolute Gasteiger partial charge is 0.291 e. The van der Waals surface area contributed by atoms with Crippen LogP contribution in [-0.4, -0.2) is 20.7 Å². The summed E-state index contributed by atoms with van der Waals surface area (Å²) >= 11 is 0. The van der Waals surface area contributed by atoms with Crippen LogP contribution in [0.3, 0.4) is 0 Å². The Hall–Kier alpha value is -5.80. The highest BCUT2D eigenvalue weighted by molar-refractivity contribution is 5.89. The summed E-state index contributed by atoms with van der Waals surface area (Å²) in [7, 11) is 0. The summed E-state index contributed by atoms with van der Waals surface area (Å²) in [6.45, 7) is 0. The fourth-order valence-electron chi connectivity index (χ4n) is 4.08. The third-order valence-electron chi connectivity index (χ3n) is 5.85. The van der Waals surface area contributed by atoms with Gasteiger partial charge in [0.15, 0.2) is 0 Å². The van der Waals surface area contributed by atoms with E-state index in [2.05, 4.69) is 5.10 Å². The van der Waals surface area contributed by atoms with Crippen LogP contribution in [0.5, 0.6) is 0 Å². The minimum Gasteiger partial charge on any atom is -0.382 e. The summed E-state index contributed by atoms with van der Waals surface area (Å²) in [4.78, 5) is 13.3. The lowest BCUT2D eigenvalue weighted by molar-refractivity contribution is 0.628. The maximum Gasteiger partial charge on any atom is 0.291 e. The predicted octanol–water partition coefficient (Wildman–Crippen LogP) is 4.71. The summed E-state index contributed by atoms with van der Waals surface area (Å²) in [5, 5.41) is 28.6. The van der Waals surface area contributed by atoms with Crippen molar-refractivity contribution in [2.45, 2.75) is 0 Å². The van der Waals surface area contributed by atoms with Crippen LogP contribution in [-0.2, 0) is 0 Å². The van der Waals surface area contributed by atoms with Crippen LogP contribution in [0.4, 0.5) is 10.2 Å². The van der Waals surface area contributed by atoms with Gasteiger partial charge in [-0.15, -0.1) is 0 Å². The van der Waals surface area contributed by atoms with Crippen LogP contribution < -0.4 is 11.3 Å². The number of nitriles is 2. The molecule has 0 amide bonds. The summed E-state index contributed by atoms with van der Waals surface area (Å²) < 4.78 is 16.4. The number of benzene rings is 3. The molecule has 0 aliphatic rings. The van der Waals surface area contributed by atoms with Gasteiger partial charge in [0.2, 0.25) is 0 Å². The SMILES string of the molecule is N#Cc1c(-c2cccc(F)c2)c(C#N)c(=O)n(/N=C/c2cn(-c3ccccc3)nc2-c2ccccc2)c1N. The Morgan fingerprint density at radius 1 is 0.895 bits per heavy atom. The molecule has 0 atom stereocenters. The topological polar surface area (TPSA) is 126 Å². The summed E-state index contributed by atoms with van der Waals surface area (Å²) in [6, 6.07) is 27.9. The number of anilines is 1. The Kier molecular flexibility index (Phi) is 6.33. The van der Waals surface area contributed by atoms with E-state index in [1.165, 1.54) is 24.4 Å². The van der Waals surface area contributed by atoms with Gasteiger partial charge in [-0.25, -0.2) is 9.07 Å². The van der Waals surface area contributed by atoms with E-state index in [1.54, 1.807) is 10.9 Å². The van der Waals surface area contributed by atoms with E-state index in [9.17, 15) is 19.7 Å². The van der Waals surface area contributed by atoms with Gasteiger partial charge in [0.1, 0.15) is 40.6 Å². The molecule has 2 heterocycles. The highest BCUT2D eigenvalue weighted by atomic mass is 19.1. The number of halogens is 1. The standard InChI is InChI=1S/C29H18FN7O/c30-22-11-7-10-20(14-22)26-24(15-31)28(33)37(29(38)25(26)16-32)34-17-21-18-36(23-12-5-2-6-13-23)35-27(21)19-8-3-1-4-9-19/h1-14,17-18H,33H2/b34-17+. The second kappa shape index (κ2) is 10.1. The third-order valence-corrected chi connectivity index (χ3v) is 5.85. The minimum absolute atomic E-state index is 0.0367. The average molecular weight is 500 g/mol. The Morgan fingerprint density at radius 2 is 1.55 bits per heavy atom. The molecule has 0 radical (unpaired) electrons. The molecule has 5 rings (SSSR count). The van der Waals surface area contributed by atoms with Crippen molar-refractivity contribution >= 4 is 12.0 Å². The molecule has 9 heteroatoms. The predicted molar refractivity (Wildman–Crippen MR) is 142 cm³/mol. The first kappa shape index (κ1) is 23.9. The first-order valence-corrected chi connectivity index (χ1v) is 11.4. The molecule has 3 aromatic carbocycles. The lowest BCUT2D eigenvalue weighted by atomic mass is 9.96. The van der Waals surface area contributed by atoms with Gasteiger partial charge in [0.25, 0.3) is 5.56 Å². The van der Waals surface area contributed by atoms with E-state index in [1.807, 2.05) is 72.8 Å². The van der Waals surface area contributed by atoms with Gasteiger partial charge >= 0.3 is 0 Å². The normalized spacial score (nSPS) is 10.8. The Bertz CT molecular complexity index is 1830. The lowest BCUT2D eigenvalue weighted by Crippen LogP contribution is -2.25. The van der Waals surface area contributed by atoms with Crippen molar-refractivity contribution in [3.63, 3.8) is 0 Å². The quantitative estimate of drug-likeness (QED) is 0.350. The summed E-state index contributed by atoms with van der Waals surface area (Å²) in [5.41, 5.74) is 7.79. The number of rotatable bonds is 5. The molecule has 8 nitrogen and oxygen atoms in total. The minimum atomic E-state index is -0.837. The number of hydrogen-bond acceptors (Lipinski definition) is 6. The number of pyridine rings is 1. The molecule has 0 bridgehead atoms. The molecule has 2 N–H and O–H groups in total. The molecule has 0 saturated carbocycles. The van der Waals surface area contributed by atoms with Gasteiger partial charge in [-0.3, -0.25) is 4.79 Å². The zero-order valence-electron chi connectivity index (χ0n) is 19.8. The molecule has 0 aliphatic heterocycles. The summed E-state index contributed by atoms with van der Waals surface area (Å²) in [6.07, 6.45) is 3.15. The van der Waals surface area contributed by atoms with E-state index < -0.39 is 11.4 Å². The zero-order chi connectivity index (χ0) is 26.6. The molecule has 2 aromatic heterocycles. The number of nitrogens with zero attached hydrogens (tertiary/aromatic N) is 6. The van der Waals surface area contributed by atoms with Crippen LogP contribution >= 0.6 is 0 Å². The molecule has 0 saturated heterocycles. The fourth-order valence-corrected chi connectivity index (χ4v) is 4.08. The number of nitrogen functional groups attached to an aromatic ring is 1. The number of nitrogens with two attached hydrogens (primary N) is 1. The number of para-hydroxylation sites is 1. The Morgan fingerprint density at radius 3 is 2.21 bits per heavy atom. The van der Waals surface area contributed by atoms with Crippen molar-refractivity contribution < 1.29 is 4.39 Å². The number of aromatic nitrogens is 3. The largest absolute Gasteiger partial charge is 0.382 e. The van der Waals surface area contributed by atoms with Gasteiger partial charge in [0.05, 0.1) is 11.9 Å². The molecule has 38 heavy (non-hydrogen) atoms. The van der Waals surface area contributed by atoms with Crippen molar-refractivity contribution in [2.24, 2.45) is 5.10 Å². The fraction of sp³-hybridized carbons (Fsp3) is 0. The molecule has 0 aliphatic carbocycles. The molecule has 0 fully saturated rings. The second-order valence-corrected chi connectivity index (χ2v) is 8.18. The Balaban J connectivity index is 1.68. The van der Waals surface area contributed by atoms with Crippen molar-refractivity contribution in [1.29, 1.82) is 10.5 Å². The highest BCUT2D eigenvalue weighted by Gasteiger charge is 2.22. The van der Waals surface area contributed by atoms with Gasteiger partial charge < -0.3 is 5.73 Å². The van der Waals surface area contributed by atoms with Gasteiger partial charge in [0, 0.05) is 22.9 Å². The summed E-state index contributed by atoms with van der Waals surface area (Å²) in [5.74, 6) is -0.858. The average Bonchev–Trinajstić information content (AvgIpc) is 3.38. The Labute approximate surface area is 216 Å². The van der Waals surface area contributed by atoms with E-state index in [4.69, 9.17) is 10.8 Å². The molecule has 0 spiro atoms. The van der Waals surface area contributed by atoms with Crippen molar-refractivity contribution in [3.05, 3.63) is 124 Å². The van der Waals surface area contributed by atoms with Crippen LogP contribution in [0.1, 0.15) is 16.7 Å². The zero-order valence-corrected chi connectivity index (χ0v) is 19.8. The van der Waals surface area contributed by atoms with E-state index >= 15 is 0 Å². The van der Waals surface area contributed by atoms with E-state index in [0.29, 0.717) is 11.3 Å². The second-order valence-electron chi connectivity index (χ2n) is 8.18. The van der Waals surface area contributed by atoms with E-state index in [0.717, 1.165) is 22.0 Å². The molecular weight excluding hydrogens is 481 g/mol. The monoisotopic (exact) mass is 499 g/mol. The van der Waals surface area contributed by atoms with Crippen molar-refractivity contribution in [1.82, 2.24) is 14.5 Å². The third kappa shape index (κ3) is 4.32. The van der Waals surface area contributed by atoms with Gasteiger partial charge in [-0.1, -0.05) is 60.7 Å². The van der Waals surface area contributed by atoms with Crippen molar-refractivity contribution in [3.8, 4) is 40.2 Å². The highest BCUT2D eigenvalue weighted by Crippen LogP contribution is 2.30. The maximum absolute atomic E-state index is 13.9. The number of hydrogen-bond donors (Lipinski definition) is 1. The van der Waals surface area contributed by atoms with E-state index in [-0.39, 0.29) is 28.1 Å². The first-order valence-electron chi connectivity index (χ1n) is 11.4. The lowest BCUT2D eigenvalue weighted by Gasteiger charge is -2.12.